The van der Waals surface area contributed by atoms with E-state index in [2.05, 4.69) is 33.8 Å². The predicted octanol–water partition coefficient (Wildman–Crippen LogP) is 1.28. The van der Waals surface area contributed by atoms with Gasteiger partial charge >= 0.3 is 0 Å². The normalized spacial score (nSPS) is 10.9. The van der Waals surface area contributed by atoms with Crippen molar-refractivity contribution in [1.82, 2.24) is 19.6 Å². The summed E-state index contributed by atoms with van der Waals surface area (Å²) < 4.78 is 1.78. The molecule has 0 unspecified atom stereocenters. The lowest BCUT2D eigenvalue weighted by Crippen LogP contribution is -2.26. The highest BCUT2D eigenvalue weighted by atomic mass is 15.4. The second-order valence-electron chi connectivity index (χ2n) is 3.40. The zero-order chi connectivity index (χ0) is 10.8. The van der Waals surface area contributed by atoms with Gasteiger partial charge in [-0.3, -0.25) is 0 Å². The van der Waals surface area contributed by atoms with Crippen LogP contribution in [0.5, 0.6) is 0 Å². The first-order chi connectivity index (χ1) is 7.26. The lowest BCUT2D eigenvalue weighted by Gasteiger charge is -2.20. The Morgan fingerprint density at radius 1 is 1.33 bits per heavy atom. The van der Waals surface area contributed by atoms with E-state index in [1.54, 1.807) is 10.8 Å². The lowest BCUT2D eigenvalue weighted by atomic mass is 10.4. The van der Waals surface area contributed by atoms with Crippen LogP contribution in [0, 0.1) is 6.92 Å². The maximum atomic E-state index is 4.50. The van der Waals surface area contributed by atoms with Crippen molar-refractivity contribution in [3.05, 3.63) is 18.1 Å². The van der Waals surface area contributed by atoms with Crippen molar-refractivity contribution in [2.75, 3.05) is 18.0 Å². The van der Waals surface area contributed by atoms with E-state index >= 15 is 0 Å². The van der Waals surface area contributed by atoms with Gasteiger partial charge in [-0.05, 0) is 20.8 Å². The summed E-state index contributed by atoms with van der Waals surface area (Å²) >= 11 is 0. The largest absolute Gasteiger partial charge is 0.341 e. The molecule has 15 heavy (non-hydrogen) atoms. The minimum Gasteiger partial charge on any atom is -0.341 e. The molecule has 0 saturated heterocycles. The Morgan fingerprint density at radius 2 is 2.07 bits per heavy atom. The van der Waals surface area contributed by atoms with Gasteiger partial charge in [-0.2, -0.15) is 9.61 Å². The molecule has 2 rings (SSSR count). The predicted molar refractivity (Wildman–Crippen MR) is 59.1 cm³/mol. The summed E-state index contributed by atoms with van der Waals surface area (Å²) in [5, 5.41) is 4.18. The minimum absolute atomic E-state index is 0.851. The third-order valence-electron chi connectivity index (χ3n) is 2.42. The molecular formula is C10H15N5. The molecule has 2 aromatic rings. The standard InChI is InChI=1S/C10H15N5/c1-4-14(5-2)10-13-8(3)6-9-11-7-12-15(9)10/h6-7H,4-5H2,1-3H3. The Kier molecular flexibility index (Phi) is 2.53. The van der Waals surface area contributed by atoms with Crippen LogP contribution < -0.4 is 4.90 Å². The van der Waals surface area contributed by atoms with Crippen LogP contribution in [-0.4, -0.2) is 32.7 Å². The van der Waals surface area contributed by atoms with Crippen molar-refractivity contribution in [3.8, 4) is 0 Å². The molecule has 80 valence electrons. The van der Waals surface area contributed by atoms with E-state index in [-0.39, 0.29) is 0 Å². The van der Waals surface area contributed by atoms with Gasteiger partial charge in [0, 0.05) is 24.8 Å². The number of fused-ring (bicyclic) bond motifs is 1. The number of aryl methyl sites for hydroxylation is 1. The summed E-state index contributed by atoms with van der Waals surface area (Å²) in [5.41, 5.74) is 1.82. The van der Waals surface area contributed by atoms with Crippen molar-refractivity contribution >= 4 is 11.6 Å². The highest BCUT2D eigenvalue weighted by molar-refractivity contribution is 5.46. The molecule has 5 nitrogen and oxygen atoms in total. The van der Waals surface area contributed by atoms with E-state index in [0.29, 0.717) is 0 Å². The first-order valence-corrected chi connectivity index (χ1v) is 5.18. The summed E-state index contributed by atoms with van der Waals surface area (Å²) in [6, 6.07) is 1.93. The molecule has 0 atom stereocenters. The van der Waals surface area contributed by atoms with Gasteiger partial charge in [-0.15, -0.1) is 0 Å². The van der Waals surface area contributed by atoms with Crippen molar-refractivity contribution in [2.45, 2.75) is 20.8 Å². The second-order valence-corrected chi connectivity index (χ2v) is 3.40. The number of rotatable bonds is 3. The van der Waals surface area contributed by atoms with Crippen LogP contribution >= 0.6 is 0 Å². The first-order valence-electron chi connectivity index (χ1n) is 5.18. The fourth-order valence-electron chi connectivity index (χ4n) is 1.64. The molecule has 0 N–H and O–H groups in total. The van der Waals surface area contributed by atoms with Gasteiger partial charge in [0.2, 0.25) is 5.95 Å². The monoisotopic (exact) mass is 205 g/mol. The Labute approximate surface area is 88.8 Å². The van der Waals surface area contributed by atoms with Gasteiger partial charge in [-0.1, -0.05) is 0 Å². The molecule has 0 fully saturated rings. The molecule has 2 heterocycles. The van der Waals surface area contributed by atoms with Crippen LogP contribution in [0.15, 0.2) is 12.4 Å². The van der Waals surface area contributed by atoms with Crippen LogP contribution in [0.3, 0.4) is 0 Å². The zero-order valence-corrected chi connectivity index (χ0v) is 9.30. The van der Waals surface area contributed by atoms with Crippen LogP contribution in [-0.2, 0) is 0 Å². The molecule has 2 aromatic heterocycles. The Bertz CT molecular complexity index is 458. The van der Waals surface area contributed by atoms with Gasteiger partial charge in [0.05, 0.1) is 0 Å². The lowest BCUT2D eigenvalue weighted by molar-refractivity contribution is 0.773. The van der Waals surface area contributed by atoms with Crippen molar-refractivity contribution < 1.29 is 0 Å². The van der Waals surface area contributed by atoms with E-state index in [0.717, 1.165) is 30.4 Å². The molecule has 0 amide bonds. The number of nitrogens with zero attached hydrogens (tertiary/aromatic N) is 5. The van der Waals surface area contributed by atoms with Gasteiger partial charge in [-0.25, -0.2) is 9.97 Å². The molecule has 0 saturated carbocycles. The van der Waals surface area contributed by atoms with Crippen molar-refractivity contribution in [2.24, 2.45) is 0 Å². The van der Waals surface area contributed by atoms with Crippen molar-refractivity contribution in [1.29, 1.82) is 0 Å². The van der Waals surface area contributed by atoms with E-state index in [1.165, 1.54) is 0 Å². The molecule has 0 radical (unpaired) electrons. The summed E-state index contributed by atoms with van der Waals surface area (Å²) in [6.07, 6.45) is 1.56. The summed E-state index contributed by atoms with van der Waals surface area (Å²) in [4.78, 5) is 10.8. The van der Waals surface area contributed by atoms with Crippen molar-refractivity contribution in [3.63, 3.8) is 0 Å². The van der Waals surface area contributed by atoms with E-state index in [9.17, 15) is 0 Å². The topological polar surface area (TPSA) is 46.3 Å². The molecule has 0 spiro atoms. The molecule has 0 aliphatic rings. The Morgan fingerprint density at radius 3 is 2.73 bits per heavy atom. The molecule has 0 aromatic carbocycles. The van der Waals surface area contributed by atoms with E-state index < -0.39 is 0 Å². The molecular weight excluding hydrogens is 190 g/mol. The maximum absolute atomic E-state index is 4.50. The average molecular weight is 205 g/mol. The fourth-order valence-corrected chi connectivity index (χ4v) is 1.64. The number of aromatic nitrogens is 4. The number of hydrogen-bond donors (Lipinski definition) is 0. The zero-order valence-electron chi connectivity index (χ0n) is 9.30. The van der Waals surface area contributed by atoms with E-state index in [4.69, 9.17) is 0 Å². The highest BCUT2D eigenvalue weighted by Gasteiger charge is 2.10. The average Bonchev–Trinajstić information content (AvgIpc) is 2.67. The molecule has 0 aliphatic heterocycles. The summed E-state index contributed by atoms with van der Waals surface area (Å²) in [6.45, 7) is 8.03. The van der Waals surface area contributed by atoms with Gasteiger partial charge in [0.25, 0.3) is 0 Å². The smallest absolute Gasteiger partial charge is 0.228 e. The number of hydrogen-bond acceptors (Lipinski definition) is 4. The summed E-state index contributed by atoms with van der Waals surface area (Å²) in [5.74, 6) is 0.868. The SMILES string of the molecule is CCN(CC)c1nc(C)cc2ncnn12. The Hall–Kier alpha value is -1.65. The quantitative estimate of drug-likeness (QED) is 0.757. The minimum atomic E-state index is 0.851. The van der Waals surface area contributed by atoms with Crippen LogP contribution in [0.25, 0.3) is 5.65 Å². The molecule has 0 bridgehead atoms. The summed E-state index contributed by atoms with van der Waals surface area (Å²) in [7, 11) is 0. The van der Waals surface area contributed by atoms with Crippen LogP contribution in [0.2, 0.25) is 0 Å². The Balaban J connectivity index is 2.61. The third-order valence-corrected chi connectivity index (χ3v) is 2.42. The highest BCUT2D eigenvalue weighted by Crippen LogP contribution is 2.12. The van der Waals surface area contributed by atoms with Gasteiger partial charge < -0.3 is 4.90 Å². The maximum Gasteiger partial charge on any atom is 0.228 e. The van der Waals surface area contributed by atoms with E-state index in [1.807, 2.05) is 13.0 Å². The van der Waals surface area contributed by atoms with Gasteiger partial charge in [0.15, 0.2) is 5.65 Å². The van der Waals surface area contributed by atoms with Gasteiger partial charge in [0.1, 0.15) is 6.33 Å². The molecule has 0 aliphatic carbocycles. The fraction of sp³-hybridized carbons (Fsp3) is 0.500. The molecule has 5 heteroatoms. The third kappa shape index (κ3) is 1.65. The first kappa shape index (κ1) is 9.89. The van der Waals surface area contributed by atoms with Crippen LogP contribution in [0.1, 0.15) is 19.5 Å². The van der Waals surface area contributed by atoms with Crippen LogP contribution in [0.4, 0.5) is 5.95 Å². The second kappa shape index (κ2) is 3.84. The number of anilines is 1.